The fraction of sp³-hybridized carbons (Fsp3) is 0.304. The first-order chi connectivity index (χ1) is 30.9. The van der Waals surface area contributed by atoms with Gasteiger partial charge in [0.2, 0.25) is 11.7 Å². The lowest BCUT2D eigenvalue weighted by Crippen LogP contribution is -2.35. The summed E-state index contributed by atoms with van der Waals surface area (Å²) in [5, 5.41) is 16.9. The minimum Gasteiger partial charge on any atom is -0.493 e. The van der Waals surface area contributed by atoms with Crippen LogP contribution in [-0.2, 0) is 25.9 Å². The molecule has 2 aliphatic rings. The molecule has 1 fully saturated rings. The summed E-state index contributed by atoms with van der Waals surface area (Å²) < 4.78 is 17.5. The summed E-state index contributed by atoms with van der Waals surface area (Å²) >= 11 is 0. The molecule has 19 heteroatoms. The molecule has 0 bridgehead atoms. The Morgan fingerprint density at radius 1 is 0.862 bits per heavy atom. The summed E-state index contributed by atoms with van der Waals surface area (Å²) in [6.45, 7) is 10.9. The first-order valence-corrected chi connectivity index (χ1v) is 20.9. The van der Waals surface area contributed by atoms with Gasteiger partial charge < -0.3 is 49.3 Å². The van der Waals surface area contributed by atoms with Gasteiger partial charge in [-0.1, -0.05) is 12.2 Å². The van der Waals surface area contributed by atoms with Crippen LogP contribution in [0.1, 0.15) is 82.0 Å². The van der Waals surface area contributed by atoms with Crippen molar-refractivity contribution in [2.45, 2.75) is 51.6 Å². The number of hydrogen-bond acceptors (Lipinski definition) is 11. The van der Waals surface area contributed by atoms with Crippen molar-refractivity contribution in [3.63, 3.8) is 0 Å². The van der Waals surface area contributed by atoms with Gasteiger partial charge in [-0.3, -0.25) is 29.0 Å². The number of carbonyl (C=O) groups excluding carboxylic acids is 5. The third-order valence-corrected chi connectivity index (χ3v) is 10.9. The van der Waals surface area contributed by atoms with Gasteiger partial charge in [-0.15, -0.1) is 0 Å². The topological polar surface area (TPSA) is 213 Å². The van der Waals surface area contributed by atoms with Gasteiger partial charge in [-0.25, -0.2) is 4.98 Å². The number of benzene rings is 2. The summed E-state index contributed by atoms with van der Waals surface area (Å²) in [6, 6.07) is 11.9. The van der Waals surface area contributed by atoms with Crippen molar-refractivity contribution in [2.75, 3.05) is 41.5 Å². The van der Waals surface area contributed by atoms with Gasteiger partial charge in [0.05, 0.1) is 54.1 Å². The Morgan fingerprint density at radius 2 is 1.58 bits per heavy atom. The molecule has 65 heavy (non-hydrogen) atoms. The number of carbonyl (C=O) groups is 5. The molecular weight excluding hydrogens is 833 g/mol. The van der Waals surface area contributed by atoms with Crippen LogP contribution in [0.15, 0.2) is 84.4 Å². The van der Waals surface area contributed by atoms with Crippen LogP contribution in [0.5, 0.6) is 11.5 Å². The van der Waals surface area contributed by atoms with Crippen LogP contribution in [0.3, 0.4) is 0 Å². The maximum absolute atomic E-state index is 13.6. The minimum absolute atomic E-state index is 0.0220. The van der Waals surface area contributed by atoms with E-state index in [2.05, 4.69) is 63.7 Å². The predicted octanol–water partition coefficient (Wildman–Crippen LogP) is 6.14. The highest BCUT2D eigenvalue weighted by atomic mass is 16.5. The van der Waals surface area contributed by atoms with Crippen molar-refractivity contribution in [3.05, 3.63) is 102 Å². The number of fused-ring (bicyclic) bond motifs is 3. The molecule has 4 N–H and O–H groups in total. The van der Waals surface area contributed by atoms with E-state index in [0.29, 0.717) is 64.7 Å². The fourth-order valence-electron chi connectivity index (χ4n) is 7.86. The standard InChI is InChI=1S/C46H50N12O7/c1-26-14-31-21-47-33-19-38(37(64-8)18-32(33)44(62)57(31)22-26)65-13-9-10-40(59)51-39-25-56(7)41(52-39)43(61)50-29-16-35(54(5)23-29)42(60)49-30-17-36(55(6)24-30)45(63)58-34-12-11-28(53-46(2,3)4)15-27(34)20-48-58/h11-12,15-21,23-25,31,53H,1,9-10,13-14,22H2,2-8H3,(H,49,60)(H,50,61)(H,51,59)/t31-/m0/s1. The maximum Gasteiger partial charge on any atom is 0.295 e. The van der Waals surface area contributed by atoms with E-state index < -0.39 is 11.8 Å². The maximum atomic E-state index is 13.6. The van der Waals surface area contributed by atoms with Crippen LogP contribution in [-0.4, -0.2) is 101 Å². The van der Waals surface area contributed by atoms with Crippen LogP contribution < -0.4 is 30.7 Å². The van der Waals surface area contributed by atoms with Crippen LogP contribution in [0.25, 0.3) is 10.9 Å². The average molecular weight is 883 g/mol. The third kappa shape index (κ3) is 9.25. The highest BCUT2D eigenvalue weighted by molar-refractivity contribution is 6.08. The second kappa shape index (κ2) is 17.3. The van der Waals surface area contributed by atoms with Gasteiger partial charge >= 0.3 is 0 Å². The Kier molecular flexibility index (Phi) is 11.6. The van der Waals surface area contributed by atoms with E-state index in [9.17, 15) is 24.0 Å². The molecule has 336 valence electrons. The average Bonchev–Trinajstić information content (AvgIpc) is 4.07. The minimum atomic E-state index is -0.565. The SMILES string of the molecule is C=C1C[C@H]2C=Nc3cc(OCCCC(=O)Nc4cn(C)c(C(=O)Nc5cc(C(=O)Nc6cc(C(=O)n7ncc8cc(NC(C)(C)C)ccc87)n(C)c6)n(C)c5)n4)c(OC)cc3C(=O)N2C1. The second-order valence-corrected chi connectivity index (χ2v) is 17.2. The molecule has 2 aliphatic heterocycles. The first kappa shape index (κ1) is 43.7. The van der Waals surface area contributed by atoms with Crippen molar-refractivity contribution in [2.24, 2.45) is 26.1 Å². The van der Waals surface area contributed by atoms with E-state index >= 15 is 0 Å². The Balaban J connectivity index is 0.834. The number of ether oxygens (including phenoxy) is 2. The monoisotopic (exact) mass is 882 g/mol. The third-order valence-electron chi connectivity index (χ3n) is 10.9. The second-order valence-electron chi connectivity index (χ2n) is 17.2. The van der Waals surface area contributed by atoms with Crippen LogP contribution in [0.2, 0.25) is 0 Å². The largest absolute Gasteiger partial charge is 0.493 e. The van der Waals surface area contributed by atoms with Gasteiger partial charge in [0.1, 0.15) is 11.4 Å². The molecular formula is C46H50N12O7. The van der Waals surface area contributed by atoms with Crippen molar-refractivity contribution in [1.82, 2.24) is 33.4 Å². The van der Waals surface area contributed by atoms with Crippen LogP contribution in [0, 0.1) is 0 Å². The molecule has 0 aliphatic carbocycles. The molecule has 2 aromatic carbocycles. The van der Waals surface area contributed by atoms with Gasteiger partial charge in [0.25, 0.3) is 23.6 Å². The quantitative estimate of drug-likeness (QED) is 0.0768. The molecule has 0 saturated carbocycles. The Bertz CT molecular complexity index is 2940. The fourth-order valence-corrected chi connectivity index (χ4v) is 7.86. The number of nitrogens with zero attached hydrogens (tertiary/aromatic N) is 8. The highest BCUT2D eigenvalue weighted by Gasteiger charge is 2.34. The molecule has 6 heterocycles. The van der Waals surface area contributed by atoms with Crippen LogP contribution in [0.4, 0.5) is 28.6 Å². The molecule has 6 aromatic rings. The molecule has 19 nitrogen and oxygen atoms in total. The van der Waals surface area contributed by atoms with E-state index in [0.717, 1.165) is 16.6 Å². The normalized spacial score (nSPS) is 14.5. The smallest absolute Gasteiger partial charge is 0.295 e. The molecule has 8 rings (SSSR count). The highest BCUT2D eigenvalue weighted by Crippen LogP contribution is 2.38. The van der Waals surface area contributed by atoms with Crippen molar-refractivity contribution < 1.29 is 33.4 Å². The van der Waals surface area contributed by atoms with E-state index in [-0.39, 0.29) is 59.7 Å². The van der Waals surface area contributed by atoms with Crippen molar-refractivity contribution in [3.8, 4) is 11.5 Å². The van der Waals surface area contributed by atoms with Crippen molar-refractivity contribution in [1.29, 1.82) is 0 Å². The molecule has 0 unspecified atom stereocenters. The molecule has 1 saturated heterocycles. The lowest BCUT2D eigenvalue weighted by Gasteiger charge is -2.22. The van der Waals surface area contributed by atoms with E-state index in [4.69, 9.17) is 9.47 Å². The number of methoxy groups -OCH3 is 1. The van der Waals surface area contributed by atoms with Gasteiger partial charge in [-0.05, 0) is 70.0 Å². The number of rotatable bonds is 13. The van der Waals surface area contributed by atoms with E-state index in [1.54, 1.807) is 78.2 Å². The van der Waals surface area contributed by atoms with Gasteiger partial charge in [0, 0.05) is 81.6 Å². The lowest BCUT2D eigenvalue weighted by atomic mass is 10.1. The predicted molar refractivity (Wildman–Crippen MR) is 246 cm³/mol. The Labute approximate surface area is 374 Å². The Hall–Kier alpha value is -7.96. The summed E-state index contributed by atoms with van der Waals surface area (Å²) in [5.41, 5.74) is 4.58. The number of aliphatic imine (C=N–C) groups is 1. The number of nitrogens with one attached hydrogen (secondary N) is 4. The van der Waals surface area contributed by atoms with Crippen LogP contribution >= 0.6 is 0 Å². The zero-order valence-corrected chi connectivity index (χ0v) is 37.2. The molecule has 1 atom stereocenters. The first-order valence-electron chi connectivity index (χ1n) is 20.9. The molecule has 0 radical (unpaired) electrons. The van der Waals surface area contributed by atoms with Gasteiger partial charge in [0.15, 0.2) is 17.3 Å². The Morgan fingerprint density at radius 3 is 2.32 bits per heavy atom. The van der Waals surface area contributed by atoms with Gasteiger partial charge in [-0.2, -0.15) is 9.78 Å². The number of amides is 4. The molecule has 0 spiro atoms. The summed E-state index contributed by atoms with van der Waals surface area (Å²) in [4.78, 5) is 77.2. The zero-order valence-electron chi connectivity index (χ0n) is 37.2. The van der Waals surface area contributed by atoms with Crippen molar-refractivity contribution >= 4 is 75.2 Å². The number of aromatic nitrogens is 6. The molecule has 4 aromatic heterocycles. The van der Waals surface area contributed by atoms with E-state index in [1.807, 2.05) is 18.2 Å². The number of hydrogen-bond donors (Lipinski definition) is 4. The summed E-state index contributed by atoms with van der Waals surface area (Å²) in [5.74, 6) is -0.904. The lowest BCUT2D eigenvalue weighted by molar-refractivity contribution is -0.116. The number of anilines is 4. The summed E-state index contributed by atoms with van der Waals surface area (Å²) in [6.07, 6.45) is 9.25. The number of imidazole rings is 1. The molecule has 4 amide bonds. The zero-order chi connectivity index (χ0) is 46.3. The number of aryl methyl sites for hydroxylation is 3. The van der Waals surface area contributed by atoms with E-state index in [1.165, 1.54) is 28.6 Å². The summed E-state index contributed by atoms with van der Waals surface area (Å²) in [7, 11) is 6.48.